The van der Waals surface area contributed by atoms with Crippen molar-refractivity contribution < 1.29 is 9.21 Å². The highest BCUT2D eigenvalue weighted by Crippen LogP contribution is 2.27. The molecule has 1 fully saturated rings. The largest absolute Gasteiger partial charge is 0.421 e. The Balaban J connectivity index is 1.34. The summed E-state index contributed by atoms with van der Waals surface area (Å²) in [5, 5.41) is 12.9. The number of amides is 1. The number of aryl methyl sites for hydroxylation is 1. The van der Waals surface area contributed by atoms with Crippen LogP contribution >= 0.6 is 0 Å². The maximum atomic E-state index is 14.0. The summed E-state index contributed by atoms with van der Waals surface area (Å²) in [5.41, 5.74) is 3.10. The smallest absolute Gasteiger partial charge is 0.259 e. The molecule has 0 spiro atoms. The van der Waals surface area contributed by atoms with E-state index in [1.807, 2.05) is 65.7 Å². The van der Waals surface area contributed by atoms with Crippen molar-refractivity contribution in [1.82, 2.24) is 34.8 Å². The van der Waals surface area contributed by atoms with Crippen molar-refractivity contribution in [3.63, 3.8) is 0 Å². The molecule has 6 rings (SSSR count). The third-order valence-electron chi connectivity index (χ3n) is 6.86. The lowest BCUT2D eigenvalue weighted by Crippen LogP contribution is -2.47. The first-order valence-electron chi connectivity index (χ1n) is 12.6. The molecule has 5 aromatic rings. The van der Waals surface area contributed by atoms with E-state index in [2.05, 4.69) is 32.1 Å². The monoisotopic (exact) mass is 508 g/mol. The van der Waals surface area contributed by atoms with Crippen molar-refractivity contribution in [2.75, 3.05) is 25.0 Å². The number of H-pyrrole nitrogens is 1. The SMILES string of the molecule is Cc1nnc(-c2cccc(-n3ccc(N(C(=O)c4cccc(-c5ncc[nH]5)c4)C4CCN(C)CC4)n3)c2)o1. The minimum Gasteiger partial charge on any atom is -0.421 e. The van der Waals surface area contributed by atoms with Gasteiger partial charge in [-0.3, -0.25) is 9.69 Å². The number of nitrogens with one attached hydrogen (secondary N) is 1. The average molecular weight is 509 g/mol. The average Bonchev–Trinajstić information content (AvgIpc) is 3.73. The van der Waals surface area contributed by atoms with Crippen molar-refractivity contribution in [2.24, 2.45) is 0 Å². The van der Waals surface area contributed by atoms with Gasteiger partial charge in [-0.1, -0.05) is 18.2 Å². The van der Waals surface area contributed by atoms with E-state index in [-0.39, 0.29) is 11.9 Å². The van der Waals surface area contributed by atoms with Gasteiger partial charge in [0.05, 0.1) is 5.69 Å². The van der Waals surface area contributed by atoms with Gasteiger partial charge in [-0.2, -0.15) is 0 Å². The number of benzene rings is 2. The minimum absolute atomic E-state index is 0.0435. The van der Waals surface area contributed by atoms with Gasteiger partial charge < -0.3 is 14.3 Å². The second-order valence-electron chi connectivity index (χ2n) is 9.52. The number of hydrogen-bond acceptors (Lipinski definition) is 7. The molecule has 1 saturated heterocycles. The molecule has 0 aliphatic carbocycles. The van der Waals surface area contributed by atoms with Gasteiger partial charge in [-0.15, -0.1) is 15.3 Å². The predicted octanol–water partition coefficient (Wildman–Crippen LogP) is 4.36. The highest BCUT2D eigenvalue weighted by molar-refractivity contribution is 6.06. The number of nitrogens with zero attached hydrogens (tertiary/aromatic N) is 7. The summed E-state index contributed by atoms with van der Waals surface area (Å²) in [6, 6.07) is 17.3. The Labute approximate surface area is 219 Å². The van der Waals surface area contributed by atoms with Crippen LogP contribution in [0.15, 0.2) is 77.6 Å². The van der Waals surface area contributed by atoms with Crippen LogP contribution in [0.25, 0.3) is 28.5 Å². The van der Waals surface area contributed by atoms with Crippen molar-refractivity contribution in [2.45, 2.75) is 25.8 Å². The van der Waals surface area contributed by atoms with Gasteiger partial charge in [0.1, 0.15) is 5.82 Å². The Kier molecular flexibility index (Phi) is 6.30. The third kappa shape index (κ3) is 4.73. The molecule has 38 heavy (non-hydrogen) atoms. The summed E-state index contributed by atoms with van der Waals surface area (Å²) in [6.07, 6.45) is 7.10. The zero-order valence-electron chi connectivity index (χ0n) is 21.3. The van der Waals surface area contributed by atoms with Crippen molar-refractivity contribution in [3.05, 3.63) is 84.6 Å². The minimum atomic E-state index is -0.0757. The number of aromatic amines is 1. The summed E-state index contributed by atoms with van der Waals surface area (Å²) in [5.74, 6) is 2.23. The fourth-order valence-corrected chi connectivity index (χ4v) is 4.85. The van der Waals surface area contributed by atoms with E-state index in [4.69, 9.17) is 9.52 Å². The number of piperidine rings is 1. The highest BCUT2D eigenvalue weighted by Gasteiger charge is 2.31. The number of likely N-dealkylation sites (tertiary alicyclic amines) is 1. The topological polar surface area (TPSA) is 109 Å². The standard InChI is InChI=1S/C28H28N8O2/c1-19-31-32-27(38-19)21-6-4-8-24(18-21)35-16-11-25(33-35)36(23-9-14-34(2)15-10-23)28(37)22-7-3-5-20(17-22)26-29-12-13-30-26/h3-8,11-13,16-18,23H,9-10,14-15H2,1-2H3,(H,29,30). The van der Waals surface area contributed by atoms with E-state index in [9.17, 15) is 4.79 Å². The Hall–Kier alpha value is -4.57. The van der Waals surface area contributed by atoms with Gasteiger partial charge >= 0.3 is 0 Å². The van der Waals surface area contributed by atoms with Crippen molar-refractivity contribution in [3.8, 4) is 28.5 Å². The zero-order chi connectivity index (χ0) is 26.1. The fraction of sp³-hybridized carbons (Fsp3) is 0.250. The summed E-state index contributed by atoms with van der Waals surface area (Å²) >= 11 is 0. The van der Waals surface area contributed by atoms with Crippen LogP contribution in [0, 0.1) is 6.92 Å². The predicted molar refractivity (Wildman–Crippen MR) is 143 cm³/mol. The van der Waals surface area contributed by atoms with Crippen LogP contribution in [0.2, 0.25) is 0 Å². The molecule has 1 amide bonds. The molecule has 0 unspecified atom stereocenters. The second kappa shape index (κ2) is 10.1. The molecule has 1 aliphatic heterocycles. The van der Waals surface area contributed by atoms with Gasteiger partial charge in [0, 0.05) is 54.3 Å². The maximum Gasteiger partial charge on any atom is 0.259 e. The first-order valence-corrected chi connectivity index (χ1v) is 12.6. The molecule has 1 aliphatic rings. The van der Waals surface area contributed by atoms with E-state index >= 15 is 0 Å². The number of carbonyl (C=O) groups excluding carboxylic acids is 1. The number of aromatic nitrogens is 6. The first-order chi connectivity index (χ1) is 18.5. The Morgan fingerprint density at radius 2 is 1.87 bits per heavy atom. The van der Waals surface area contributed by atoms with E-state index < -0.39 is 0 Å². The fourth-order valence-electron chi connectivity index (χ4n) is 4.85. The van der Waals surface area contributed by atoms with Crippen LogP contribution in [0.1, 0.15) is 29.1 Å². The molecule has 0 bridgehead atoms. The van der Waals surface area contributed by atoms with E-state index in [0.29, 0.717) is 23.2 Å². The van der Waals surface area contributed by atoms with Gasteiger partial charge in [0.15, 0.2) is 5.82 Å². The third-order valence-corrected chi connectivity index (χ3v) is 6.86. The summed E-state index contributed by atoms with van der Waals surface area (Å²) in [7, 11) is 2.11. The molecule has 0 saturated carbocycles. The molecule has 0 atom stereocenters. The lowest BCUT2D eigenvalue weighted by Gasteiger charge is -2.36. The van der Waals surface area contributed by atoms with Gasteiger partial charge in [-0.25, -0.2) is 9.67 Å². The lowest BCUT2D eigenvalue weighted by molar-refractivity contribution is 0.0962. The molecule has 192 valence electrons. The van der Waals surface area contributed by atoms with E-state index in [1.165, 1.54) is 0 Å². The number of rotatable bonds is 6. The van der Waals surface area contributed by atoms with Crippen LogP contribution < -0.4 is 4.90 Å². The Morgan fingerprint density at radius 1 is 1.05 bits per heavy atom. The van der Waals surface area contributed by atoms with Crippen LogP contribution in [0.5, 0.6) is 0 Å². The van der Waals surface area contributed by atoms with Crippen molar-refractivity contribution >= 4 is 11.7 Å². The molecular weight excluding hydrogens is 480 g/mol. The molecule has 10 nitrogen and oxygen atoms in total. The maximum absolute atomic E-state index is 14.0. The summed E-state index contributed by atoms with van der Waals surface area (Å²) in [6.45, 7) is 3.61. The van der Waals surface area contributed by atoms with Crippen LogP contribution in [-0.4, -0.2) is 66.9 Å². The van der Waals surface area contributed by atoms with Gasteiger partial charge in [-0.05, 0) is 63.3 Å². The molecule has 0 radical (unpaired) electrons. The Morgan fingerprint density at radius 3 is 2.63 bits per heavy atom. The van der Waals surface area contributed by atoms with E-state index in [1.54, 1.807) is 24.0 Å². The van der Waals surface area contributed by atoms with E-state index in [0.717, 1.165) is 48.6 Å². The van der Waals surface area contributed by atoms with Gasteiger partial charge in [0.2, 0.25) is 11.8 Å². The number of hydrogen-bond donors (Lipinski definition) is 1. The van der Waals surface area contributed by atoms with Gasteiger partial charge in [0.25, 0.3) is 5.91 Å². The molecule has 3 aromatic heterocycles. The number of anilines is 1. The molecule has 2 aromatic carbocycles. The molecular formula is C28H28N8O2. The summed E-state index contributed by atoms with van der Waals surface area (Å²) < 4.78 is 7.37. The zero-order valence-corrected chi connectivity index (χ0v) is 21.3. The summed E-state index contributed by atoms with van der Waals surface area (Å²) in [4.78, 5) is 25.6. The van der Waals surface area contributed by atoms with Crippen LogP contribution in [0.3, 0.4) is 0 Å². The highest BCUT2D eigenvalue weighted by atomic mass is 16.4. The molecule has 1 N–H and O–H groups in total. The Bertz CT molecular complexity index is 1550. The first kappa shape index (κ1) is 23.8. The van der Waals surface area contributed by atoms with Crippen LogP contribution in [0.4, 0.5) is 5.82 Å². The lowest BCUT2D eigenvalue weighted by atomic mass is 10.0. The quantitative estimate of drug-likeness (QED) is 0.363. The molecule has 4 heterocycles. The molecule has 10 heteroatoms. The van der Waals surface area contributed by atoms with Crippen molar-refractivity contribution in [1.29, 1.82) is 0 Å². The number of carbonyl (C=O) groups is 1. The number of imidazole rings is 1. The second-order valence-corrected chi connectivity index (χ2v) is 9.52. The van der Waals surface area contributed by atoms with Crippen LogP contribution in [-0.2, 0) is 0 Å². The normalized spacial score (nSPS) is 14.6.